The fourth-order valence-corrected chi connectivity index (χ4v) is 2.24. The van der Waals surface area contributed by atoms with Gasteiger partial charge in [-0.25, -0.2) is 5.48 Å². The first kappa shape index (κ1) is 15.3. The highest BCUT2D eigenvalue weighted by molar-refractivity contribution is 5.83. The van der Waals surface area contributed by atoms with Gasteiger partial charge < -0.3 is 4.74 Å². The molecule has 4 heteroatoms. The lowest BCUT2D eigenvalue weighted by Gasteiger charge is -2.07. The smallest absolute Gasteiger partial charge is 0.243 e. The Morgan fingerprint density at radius 3 is 2.57 bits per heavy atom. The van der Waals surface area contributed by atoms with Gasteiger partial charge in [0.25, 0.3) is 0 Å². The summed E-state index contributed by atoms with van der Waals surface area (Å²) >= 11 is 0. The second-order valence-corrected chi connectivity index (χ2v) is 5.06. The fraction of sp³-hybridized carbons (Fsp3) is 0.353. The molecule has 0 fully saturated rings. The van der Waals surface area contributed by atoms with Crippen LogP contribution in [0.25, 0.3) is 10.8 Å². The van der Waals surface area contributed by atoms with Crippen LogP contribution in [0.3, 0.4) is 0 Å². The third kappa shape index (κ3) is 5.08. The molecule has 0 atom stereocenters. The number of nitrogens with one attached hydrogen (secondary N) is 1. The van der Waals surface area contributed by atoms with Crippen LogP contribution in [0.2, 0.25) is 0 Å². The van der Waals surface area contributed by atoms with Crippen molar-refractivity contribution in [2.24, 2.45) is 0 Å². The van der Waals surface area contributed by atoms with E-state index < -0.39 is 0 Å². The van der Waals surface area contributed by atoms with Crippen LogP contribution in [0.5, 0.6) is 5.75 Å². The summed E-state index contributed by atoms with van der Waals surface area (Å²) in [6.07, 6.45) is 4.12. The second-order valence-electron chi connectivity index (χ2n) is 5.06. The van der Waals surface area contributed by atoms with Crippen molar-refractivity contribution in [2.75, 3.05) is 6.61 Å². The molecule has 0 saturated carbocycles. The van der Waals surface area contributed by atoms with Crippen LogP contribution in [0.15, 0.2) is 42.5 Å². The second kappa shape index (κ2) is 8.27. The summed E-state index contributed by atoms with van der Waals surface area (Å²) < 4.78 is 5.74. The van der Waals surface area contributed by atoms with E-state index in [9.17, 15) is 4.79 Å². The van der Waals surface area contributed by atoms with Crippen molar-refractivity contribution in [1.82, 2.24) is 5.48 Å². The maximum Gasteiger partial charge on any atom is 0.243 e. The first-order chi connectivity index (χ1) is 10.3. The molecule has 112 valence electrons. The van der Waals surface area contributed by atoms with Crippen LogP contribution in [-0.4, -0.2) is 17.7 Å². The van der Waals surface area contributed by atoms with Crippen molar-refractivity contribution in [3.8, 4) is 5.75 Å². The van der Waals surface area contributed by atoms with E-state index in [1.807, 2.05) is 18.2 Å². The summed E-state index contributed by atoms with van der Waals surface area (Å²) in [6, 6.07) is 14.3. The summed E-state index contributed by atoms with van der Waals surface area (Å²) in [5.74, 6) is 0.579. The van der Waals surface area contributed by atoms with E-state index in [0.717, 1.165) is 31.4 Å². The van der Waals surface area contributed by atoms with E-state index in [1.54, 1.807) is 5.48 Å². The largest absolute Gasteiger partial charge is 0.494 e. The van der Waals surface area contributed by atoms with Crippen molar-refractivity contribution in [2.45, 2.75) is 32.1 Å². The molecule has 0 spiro atoms. The molecule has 2 rings (SSSR count). The fourth-order valence-electron chi connectivity index (χ4n) is 2.24. The zero-order chi connectivity index (χ0) is 14.9. The first-order valence-corrected chi connectivity index (χ1v) is 7.34. The molecule has 0 heterocycles. The highest BCUT2D eigenvalue weighted by Crippen LogP contribution is 2.20. The number of unbranched alkanes of at least 4 members (excludes halogenated alkanes) is 3. The van der Waals surface area contributed by atoms with Crippen LogP contribution < -0.4 is 10.2 Å². The number of carbonyl (C=O) groups excluding carboxylic acids is 1. The van der Waals surface area contributed by atoms with Gasteiger partial charge in [0.1, 0.15) is 5.75 Å². The minimum atomic E-state index is -0.317. The summed E-state index contributed by atoms with van der Waals surface area (Å²) in [7, 11) is 0. The third-order valence-corrected chi connectivity index (χ3v) is 3.41. The van der Waals surface area contributed by atoms with Crippen molar-refractivity contribution in [3.05, 3.63) is 42.5 Å². The van der Waals surface area contributed by atoms with Crippen molar-refractivity contribution in [3.63, 3.8) is 0 Å². The molecule has 0 bridgehead atoms. The topological polar surface area (TPSA) is 58.6 Å². The zero-order valence-electron chi connectivity index (χ0n) is 12.0. The lowest BCUT2D eigenvalue weighted by molar-refractivity contribution is -0.129. The van der Waals surface area contributed by atoms with Gasteiger partial charge in [-0.1, -0.05) is 43.2 Å². The number of hydroxylamine groups is 1. The zero-order valence-corrected chi connectivity index (χ0v) is 12.0. The Kier molecular flexibility index (Phi) is 6.03. The van der Waals surface area contributed by atoms with Crippen LogP contribution in [0.4, 0.5) is 0 Å². The minimum Gasteiger partial charge on any atom is -0.494 e. The molecule has 0 aliphatic heterocycles. The molecular weight excluding hydrogens is 266 g/mol. The van der Waals surface area contributed by atoms with Gasteiger partial charge in [0.15, 0.2) is 0 Å². The molecule has 0 aliphatic rings. The minimum absolute atomic E-state index is 0.317. The Balaban J connectivity index is 1.65. The van der Waals surface area contributed by atoms with Gasteiger partial charge in [-0.3, -0.25) is 10.0 Å². The van der Waals surface area contributed by atoms with Crippen LogP contribution in [0, 0.1) is 0 Å². The lowest BCUT2D eigenvalue weighted by Crippen LogP contribution is -2.17. The summed E-state index contributed by atoms with van der Waals surface area (Å²) in [6.45, 7) is 0.685. The maximum absolute atomic E-state index is 10.8. The SMILES string of the molecule is O=C(CCCCCCOc1ccc2ccccc2c1)NO. The molecule has 2 aromatic rings. The normalized spacial score (nSPS) is 10.5. The lowest BCUT2D eigenvalue weighted by atomic mass is 10.1. The maximum atomic E-state index is 10.8. The van der Waals surface area contributed by atoms with E-state index in [0.29, 0.717) is 13.0 Å². The third-order valence-electron chi connectivity index (χ3n) is 3.41. The summed E-state index contributed by atoms with van der Waals surface area (Å²) in [5.41, 5.74) is 1.64. The van der Waals surface area contributed by atoms with E-state index in [1.165, 1.54) is 10.8 Å². The Morgan fingerprint density at radius 1 is 1.00 bits per heavy atom. The Labute approximate surface area is 124 Å². The Bertz CT molecular complexity index is 583. The summed E-state index contributed by atoms with van der Waals surface area (Å²) in [5, 5.41) is 10.8. The van der Waals surface area contributed by atoms with Crippen molar-refractivity contribution < 1.29 is 14.7 Å². The molecule has 0 unspecified atom stereocenters. The average molecular weight is 287 g/mol. The molecule has 0 aromatic heterocycles. The van der Waals surface area contributed by atoms with Gasteiger partial charge in [0.2, 0.25) is 5.91 Å². The molecule has 2 aromatic carbocycles. The van der Waals surface area contributed by atoms with E-state index in [4.69, 9.17) is 9.94 Å². The van der Waals surface area contributed by atoms with E-state index >= 15 is 0 Å². The van der Waals surface area contributed by atoms with Crippen molar-refractivity contribution >= 4 is 16.7 Å². The predicted molar refractivity (Wildman–Crippen MR) is 82.5 cm³/mol. The molecule has 0 radical (unpaired) electrons. The Morgan fingerprint density at radius 2 is 1.76 bits per heavy atom. The van der Waals surface area contributed by atoms with Gasteiger partial charge in [0.05, 0.1) is 6.61 Å². The highest BCUT2D eigenvalue weighted by atomic mass is 16.5. The number of amides is 1. The Hall–Kier alpha value is -2.07. The van der Waals surface area contributed by atoms with Gasteiger partial charge in [-0.05, 0) is 35.7 Å². The molecule has 2 N–H and O–H groups in total. The van der Waals surface area contributed by atoms with Gasteiger partial charge in [-0.15, -0.1) is 0 Å². The van der Waals surface area contributed by atoms with Crippen LogP contribution in [-0.2, 0) is 4.79 Å². The molecule has 0 aliphatic carbocycles. The van der Waals surface area contributed by atoms with E-state index in [2.05, 4.69) is 24.3 Å². The van der Waals surface area contributed by atoms with E-state index in [-0.39, 0.29) is 5.91 Å². The molecule has 4 nitrogen and oxygen atoms in total. The first-order valence-electron chi connectivity index (χ1n) is 7.34. The number of hydrogen-bond acceptors (Lipinski definition) is 3. The predicted octanol–water partition coefficient (Wildman–Crippen LogP) is 3.67. The highest BCUT2D eigenvalue weighted by Gasteiger charge is 1.99. The summed E-state index contributed by atoms with van der Waals surface area (Å²) in [4.78, 5) is 10.8. The molecule has 1 amide bonds. The van der Waals surface area contributed by atoms with Crippen LogP contribution in [0.1, 0.15) is 32.1 Å². The number of rotatable bonds is 8. The number of carbonyl (C=O) groups is 1. The quantitative estimate of drug-likeness (QED) is 0.442. The standard InChI is InChI=1S/C17H21NO3/c19-17(18-20)9-3-1-2-6-12-21-16-11-10-14-7-4-5-8-15(14)13-16/h4-5,7-8,10-11,13,20H,1-3,6,9,12H2,(H,18,19). The monoisotopic (exact) mass is 287 g/mol. The van der Waals surface area contributed by atoms with Gasteiger partial charge >= 0.3 is 0 Å². The average Bonchev–Trinajstić information content (AvgIpc) is 2.53. The number of ether oxygens (including phenoxy) is 1. The number of hydrogen-bond donors (Lipinski definition) is 2. The molecule has 21 heavy (non-hydrogen) atoms. The molecule has 0 saturated heterocycles. The van der Waals surface area contributed by atoms with Gasteiger partial charge in [0, 0.05) is 6.42 Å². The van der Waals surface area contributed by atoms with Gasteiger partial charge in [-0.2, -0.15) is 0 Å². The molecular formula is C17H21NO3. The number of fused-ring (bicyclic) bond motifs is 1. The number of benzene rings is 2. The van der Waals surface area contributed by atoms with Crippen LogP contribution >= 0.6 is 0 Å². The van der Waals surface area contributed by atoms with Crippen molar-refractivity contribution in [1.29, 1.82) is 0 Å².